The van der Waals surface area contributed by atoms with E-state index in [0.29, 0.717) is 44.3 Å². The van der Waals surface area contributed by atoms with Gasteiger partial charge in [0.2, 0.25) is 5.91 Å². The molecule has 0 unspecified atom stereocenters. The van der Waals surface area contributed by atoms with Crippen molar-refractivity contribution in [1.82, 2.24) is 20.4 Å². The Kier molecular flexibility index (Phi) is 10.2. The first-order chi connectivity index (χ1) is 18.4. The molecule has 0 radical (unpaired) electrons. The zero-order valence-electron chi connectivity index (χ0n) is 23.2. The van der Waals surface area contributed by atoms with Gasteiger partial charge in [0.1, 0.15) is 6.04 Å². The number of halogens is 3. The molecule has 4 amide bonds. The van der Waals surface area contributed by atoms with Crippen molar-refractivity contribution in [2.75, 3.05) is 39.2 Å². The van der Waals surface area contributed by atoms with Gasteiger partial charge in [-0.15, -0.1) is 0 Å². The molecule has 218 valence electrons. The molecule has 9 nitrogen and oxygen atoms in total. The largest absolute Gasteiger partial charge is 0.416 e. The molecular formula is C27H40F3N5O4. The van der Waals surface area contributed by atoms with Crippen LogP contribution in [0.15, 0.2) is 18.2 Å². The second kappa shape index (κ2) is 13.0. The van der Waals surface area contributed by atoms with Crippen LogP contribution in [0.5, 0.6) is 0 Å². The van der Waals surface area contributed by atoms with Crippen LogP contribution in [0.3, 0.4) is 0 Å². The number of methoxy groups -OCH3 is 1. The topological polar surface area (TPSA) is 103 Å². The molecule has 2 aliphatic rings. The summed E-state index contributed by atoms with van der Waals surface area (Å²) < 4.78 is 45.6. The molecule has 0 aromatic heterocycles. The highest BCUT2D eigenvalue weighted by Gasteiger charge is 2.43. The summed E-state index contributed by atoms with van der Waals surface area (Å²) in [5.41, 5.74) is -1.47. The molecule has 12 heteroatoms. The molecular weight excluding hydrogens is 515 g/mol. The average Bonchev–Trinajstić information content (AvgIpc) is 3.22. The predicted molar refractivity (Wildman–Crippen MR) is 141 cm³/mol. The van der Waals surface area contributed by atoms with Gasteiger partial charge in [-0.3, -0.25) is 9.59 Å². The monoisotopic (exact) mass is 555 g/mol. The van der Waals surface area contributed by atoms with Crippen molar-refractivity contribution >= 4 is 23.5 Å². The van der Waals surface area contributed by atoms with Crippen LogP contribution in [0.25, 0.3) is 0 Å². The molecule has 1 aromatic carbocycles. The first-order valence-corrected chi connectivity index (χ1v) is 13.5. The molecule has 0 spiro atoms. The van der Waals surface area contributed by atoms with Gasteiger partial charge in [0.05, 0.1) is 23.4 Å². The summed E-state index contributed by atoms with van der Waals surface area (Å²) in [6.07, 6.45) is -1.73. The van der Waals surface area contributed by atoms with E-state index in [-0.39, 0.29) is 29.1 Å². The van der Waals surface area contributed by atoms with Crippen molar-refractivity contribution in [2.45, 2.75) is 76.8 Å². The first kappa shape index (κ1) is 30.7. The van der Waals surface area contributed by atoms with E-state index in [1.54, 1.807) is 18.9 Å². The number of urea groups is 1. The maximum Gasteiger partial charge on any atom is 0.416 e. The number of likely N-dealkylation sites (tertiary alicyclic amines) is 1. The molecule has 3 rings (SSSR count). The van der Waals surface area contributed by atoms with Crippen LogP contribution in [-0.2, 0) is 15.7 Å². The van der Waals surface area contributed by atoms with Gasteiger partial charge < -0.3 is 30.5 Å². The van der Waals surface area contributed by atoms with Crippen molar-refractivity contribution in [3.05, 3.63) is 29.3 Å². The minimum Gasteiger partial charge on any atom is -0.384 e. The van der Waals surface area contributed by atoms with Crippen LogP contribution in [0.1, 0.15) is 62.4 Å². The number of anilines is 1. The Hall–Kier alpha value is -2.86. The Labute approximate surface area is 227 Å². The van der Waals surface area contributed by atoms with Crippen LogP contribution >= 0.6 is 0 Å². The zero-order valence-corrected chi connectivity index (χ0v) is 23.2. The third-order valence-electron chi connectivity index (χ3n) is 7.81. The number of benzene rings is 1. The maximum absolute atomic E-state index is 13.4. The average molecular weight is 556 g/mol. The SMILES string of the molecule is CCNC(=O)Nc1ccc(C(F)(F)F)cc1C(=O)N[C@H]1CCN([C@H]2CC[C@@H](N(C)C(C)C)C[C@@H]2COC)C1=O. The zero-order chi connectivity index (χ0) is 28.9. The van der Waals surface area contributed by atoms with E-state index in [4.69, 9.17) is 4.74 Å². The Morgan fingerprint density at radius 3 is 2.54 bits per heavy atom. The van der Waals surface area contributed by atoms with Crippen molar-refractivity contribution in [3.63, 3.8) is 0 Å². The van der Waals surface area contributed by atoms with E-state index in [1.807, 2.05) is 0 Å². The molecule has 1 saturated heterocycles. The number of alkyl halides is 3. The van der Waals surface area contributed by atoms with E-state index in [9.17, 15) is 27.6 Å². The highest BCUT2D eigenvalue weighted by molar-refractivity contribution is 6.05. The molecule has 3 N–H and O–H groups in total. The van der Waals surface area contributed by atoms with Crippen LogP contribution in [0, 0.1) is 5.92 Å². The highest BCUT2D eigenvalue weighted by atomic mass is 19.4. The normalized spacial score (nSPS) is 23.8. The third-order valence-corrected chi connectivity index (χ3v) is 7.81. The lowest BCUT2D eigenvalue weighted by molar-refractivity contribution is -0.137. The van der Waals surface area contributed by atoms with Crippen molar-refractivity contribution in [3.8, 4) is 0 Å². The quantitative estimate of drug-likeness (QED) is 0.431. The molecule has 1 aliphatic carbocycles. The number of ether oxygens (including phenoxy) is 1. The predicted octanol–water partition coefficient (Wildman–Crippen LogP) is 3.70. The third kappa shape index (κ3) is 7.42. The Morgan fingerprint density at radius 2 is 1.92 bits per heavy atom. The fraction of sp³-hybridized carbons (Fsp3) is 0.667. The fourth-order valence-electron chi connectivity index (χ4n) is 5.56. The molecule has 1 aliphatic heterocycles. The van der Waals surface area contributed by atoms with Crippen LogP contribution in [0.2, 0.25) is 0 Å². The van der Waals surface area contributed by atoms with Gasteiger partial charge in [0.25, 0.3) is 5.91 Å². The van der Waals surface area contributed by atoms with E-state index >= 15 is 0 Å². The van der Waals surface area contributed by atoms with Crippen molar-refractivity contribution in [2.24, 2.45) is 5.92 Å². The molecule has 0 bridgehead atoms. The lowest BCUT2D eigenvalue weighted by Gasteiger charge is -2.44. The number of amides is 4. The minimum atomic E-state index is -4.68. The van der Waals surface area contributed by atoms with E-state index < -0.39 is 29.7 Å². The summed E-state index contributed by atoms with van der Waals surface area (Å²) in [4.78, 5) is 42.7. The van der Waals surface area contributed by atoms with E-state index in [0.717, 1.165) is 31.4 Å². The summed E-state index contributed by atoms with van der Waals surface area (Å²) in [7, 11) is 3.75. The summed E-state index contributed by atoms with van der Waals surface area (Å²) in [5, 5.41) is 7.52. The summed E-state index contributed by atoms with van der Waals surface area (Å²) in [6.45, 7) is 7.22. The number of carbonyl (C=O) groups is 3. The number of carbonyl (C=O) groups excluding carboxylic acids is 3. The molecule has 4 atom stereocenters. The van der Waals surface area contributed by atoms with Gasteiger partial charge in [-0.25, -0.2) is 4.79 Å². The van der Waals surface area contributed by atoms with Crippen molar-refractivity contribution in [1.29, 1.82) is 0 Å². The number of hydrogen-bond acceptors (Lipinski definition) is 5. The fourth-order valence-corrected chi connectivity index (χ4v) is 5.56. The van der Waals surface area contributed by atoms with Gasteiger partial charge >= 0.3 is 12.2 Å². The van der Waals surface area contributed by atoms with Crippen molar-refractivity contribution < 1.29 is 32.3 Å². The smallest absolute Gasteiger partial charge is 0.384 e. The number of nitrogens with zero attached hydrogens (tertiary/aromatic N) is 2. The van der Waals surface area contributed by atoms with E-state index in [1.165, 1.54) is 0 Å². The lowest BCUT2D eigenvalue weighted by atomic mass is 9.80. The van der Waals surface area contributed by atoms with E-state index in [2.05, 4.69) is 41.7 Å². The second-order valence-electron chi connectivity index (χ2n) is 10.6. The maximum atomic E-state index is 13.4. The Balaban J connectivity index is 1.75. The molecule has 2 fully saturated rings. The van der Waals surface area contributed by atoms with Crippen LogP contribution in [-0.4, -0.2) is 85.7 Å². The molecule has 1 heterocycles. The molecule has 1 aromatic rings. The summed E-state index contributed by atoms with van der Waals surface area (Å²) in [5.74, 6) is -0.983. The summed E-state index contributed by atoms with van der Waals surface area (Å²) >= 11 is 0. The van der Waals surface area contributed by atoms with Gasteiger partial charge in [-0.1, -0.05) is 0 Å². The molecule has 1 saturated carbocycles. The standard InChI is InChI=1S/C27H40F3N5O4/c1-6-31-26(38)33-21-9-7-18(27(28,29)30)14-20(21)24(36)32-22-11-12-35(25(22)37)23-10-8-19(34(4)16(2)3)13-17(23)15-39-5/h7,9,14,16-17,19,22-23H,6,8,10-13,15H2,1-5H3,(H,32,36)(H2,31,33,38)/t17-,19-,22+,23+/m1/s1. The van der Waals surface area contributed by atoms with Crippen LogP contribution in [0.4, 0.5) is 23.7 Å². The van der Waals surface area contributed by atoms with Gasteiger partial charge in [0, 0.05) is 44.2 Å². The number of nitrogens with one attached hydrogen (secondary N) is 3. The van der Waals surface area contributed by atoms with Gasteiger partial charge in [0.15, 0.2) is 0 Å². The Bertz CT molecular complexity index is 1040. The molecule has 39 heavy (non-hydrogen) atoms. The lowest BCUT2D eigenvalue weighted by Crippen LogP contribution is -2.52. The summed E-state index contributed by atoms with van der Waals surface area (Å²) in [6, 6.07) is 1.73. The first-order valence-electron chi connectivity index (χ1n) is 13.5. The highest BCUT2D eigenvalue weighted by Crippen LogP contribution is 2.35. The van der Waals surface area contributed by atoms with Crippen LogP contribution < -0.4 is 16.0 Å². The van der Waals surface area contributed by atoms with Gasteiger partial charge in [-0.05, 0) is 71.7 Å². The minimum absolute atomic E-state index is 0.0420. The van der Waals surface area contributed by atoms with Gasteiger partial charge in [-0.2, -0.15) is 13.2 Å². The number of hydrogen-bond donors (Lipinski definition) is 3. The second-order valence-corrected chi connectivity index (χ2v) is 10.6. The number of rotatable bonds is 9. The Morgan fingerprint density at radius 1 is 1.21 bits per heavy atom.